The molecule has 0 unspecified atom stereocenters. The number of aromatic nitrogens is 2. The first-order chi connectivity index (χ1) is 23.1. The number of rotatable bonds is 8. The van der Waals surface area contributed by atoms with Crippen molar-refractivity contribution in [2.24, 2.45) is 0 Å². The highest BCUT2D eigenvalue weighted by Crippen LogP contribution is 2.31. The molecular formula is C35H42ClN5O8. The van der Waals surface area contributed by atoms with Gasteiger partial charge < -0.3 is 38.6 Å². The number of benzene rings is 1. The molecule has 2 aromatic heterocycles. The molecule has 3 aromatic rings. The van der Waals surface area contributed by atoms with E-state index in [9.17, 15) is 9.59 Å². The molecule has 0 aliphatic carbocycles. The van der Waals surface area contributed by atoms with Crippen LogP contribution in [0.1, 0.15) is 52.9 Å². The van der Waals surface area contributed by atoms with E-state index >= 15 is 0 Å². The fourth-order valence-electron chi connectivity index (χ4n) is 4.44. The van der Waals surface area contributed by atoms with Crippen molar-refractivity contribution in [2.45, 2.75) is 78.2 Å². The van der Waals surface area contributed by atoms with Crippen LogP contribution >= 0.6 is 11.6 Å². The van der Waals surface area contributed by atoms with Gasteiger partial charge in [-0.2, -0.15) is 0 Å². The Bertz CT molecular complexity index is 1640. The molecule has 0 spiro atoms. The van der Waals surface area contributed by atoms with Crippen molar-refractivity contribution in [2.75, 3.05) is 26.2 Å². The fourth-order valence-corrected chi connectivity index (χ4v) is 4.60. The number of carbonyl (C=O) groups is 2. The molecule has 0 bridgehead atoms. The summed E-state index contributed by atoms with van der Waals surface area (Å²) >= 11 is 5.90. The van der Waals surface area contributed by atoms with E-state index in [1.54, 1.807) is 64.7 Å². The number of halogens is 1. The van der Waals surface area contributed by atoms with E-state index in [1.807, 2.05) is 41.5 Å². The third-order valence-electron chi connectivity index (χ3n) is 6.76. The minimum absolute atomic E-state index is 0.0449. The van der Waals surface area contributed by atoms with Gasteiger partial charge in [-0.25, -0.2) is 14.4 Å². The van der Waals surface area contributed by atoms with Crippen LogP contribution in [0.25, 0.3) is 4.85 Å². The smallest absolute Gasteiger partial charge is 0.410 e. The topological polar surface area (TPSA) is 137 Å². The van der Waals surface area contributed by atoms with Gasteiger partial charge in [-0.05, 0) is 71.9 Å². The van der Waals surface area contributed by atoms with E-state index in [-0.39, 0.29) is 37.6 Å². The molecule has 4 heterocycles. The summed E-state index contributed by atoms with van der Waals surface area (Å²) in [6, 6.07) is 11.9. The first-order valence-electron chi connectivity index (χ1n) is 15.7. The molecule has 2 aliphatic heterocycles. The van der Waals surface area contributed by atoms with Crippen LogP contribution in [0.4, 0.5) is 15.3 Å². The lowest BCUT2D eigenvalue weighted by atomic mass is 10.1. The molecule has 2 amide bonds. The molecule has 1 N–H and O–H groups in total. The summed E-state index contributed by atoms with van der Waals surface area (Å²) in [5, 5.41) is 9.49. The van der Waals surface area contributed by atoms with Gasteiger partial charge in [0.15, 0.2) is 0 Å². The van der Waals surface area contributed by atoms with Crippen molar-refractivity contribution in [1.29, 1.82) is 0 Å². The van der Waals surface area contributed by atoms with Gasteiger partial charge in [0.25, 0.3) is 0 Å². The lowest BCUT2D eigenvalue weighted by Crippen LogP contribution is -2.57. The second-order valence-corrected chi connectivity index (χ2v) is 13.8. The van der Waals surface area contributed by atoms with E-state index in [0.29, 0.717) is 65.5 Å². The number of hydrogen-bond acceptors (Lipinski definition) is 10. The SMILES string of the molecule is CC(C)(C)OC(=O)N1CC(Oc2ccnc(CO)c2)C1.[C-]#[N+]c1cc(Cl)ccc1OCc1cc(OC2CN(C(=O)OC(C)(C)C)C2)ccn1. The zero-order valence-electron chi connectivity index (χ0n) is 28.5. The molecule has 1 aromatic carbocycles. The first kappa shape index (κ1) is 37.0. The highest BCUT2D eigenvalue weighted by atomic mass is 35.5. The zero-order chi connectivity index (χ0) is 35.8. The van der Waals surface area contributed by atoms with Crippen LogP contribution in [0, 0.1) is 6.57 Å². The second-order valence-electron chi connectivity index (χ2n) is 13.4. The number of carbonyl (C=O) groups excluding carboxylic acids is 2. The number of aliphatic hydroxyl groups is 1. The zero-order valence-corrected chi connectivity index (χ0v) is 29.3. The van der Waals surface area contributed by atoms with Crippen LogP contribution in [0.15, 0.2) is 54.9 Å². The van der Waals surface area contributed by atoms with Gasteiger partial charge in [0.05, 0.1) is 50.7 Å². The van der Waals surface area contributed by atoms with E-state index in [1.165, 1.54) is 0 Å². The molecule has 2 aliphatic rings. The Kier molecular flexibility index (Phi) is 12.1. The molecule has 0 saturated carbocycles. The number of nitrogens with zero attached hydrogens (tertiary/aromatic N) is 5. The van der Waals surface area contributed by atoms with Crippen LogP contribution < -0.4 is 14.2 Å². The summed E-state index contributed by atoms with van der Waals surface area (Å²) in [4.78, 5) is 38.6. The maximum Gasteiger partial charge on any atom is 0.410 e. The predicted molar refractivity (Wildman–Crippen MR) is 181 cm³/mol. The van der Waals surface area contributed by atoms with Gasteiger partial charge in [-0.3, -0.25) is 9.97 Å². The number of ether oxygens (including phenoxy) is 5. The first-order valence-corrected chi connectivity index (χ1v) is 16.1. The molecule has 0 radical (unpaired) electrons. The maximum atomic E-state index is 12.0. The summed E-state index contributed by atoms with van der Waals surface area (Å²) in [5.41, 5.74) is 0.578. The third kappa shape index (κ3) is 11.7. The van der Waals surface area contributed by atoms with Crippen molar-refractivity contribution in [3.63, 3.8) is 0 Å². The standard InChI is InChI=1S/C21H22ClN3O4.C14H20N2O4/c1-21(2,3)29-20(26)25-11-17(12-25)28-16-7-8-24-15(10-16)13-27-19-6-5-14(22)9-18(19)23-4;1-14(2,3)20-13(18)16-7-12(8-16)19-11-4-5-15-10(6-11)9-17/h5-10,17H,11-13H2,1-3H3;4-6,12,17H,7-9H2,1-3H3. The molecule has 49 heavy (non-hydrogen) atoms. The number of pyridine rings is 2. The second kappa shape index (κ2) is 16.1. The molecule has 0 atom stereocenters. The van der Waals surface area contributed by atoms with Crippen LogP contribution in [0.2, 0.25) is 5.02 Å². The van der Waals surface area contributed by atoms with Gasteiger partial charge in [0, 0.05) is 29.5 Å². The summed E-state index contributed by atoms with van der Waals surface area (Å²) in [6.45, 7) is 20.3. The van der Waals surface area contributed by atoms with Crippen LogP contribution in [0.3, 0.4) is 0 Å². The molecule has 2 saturated heterocycles. The van der Waals surface area contributed by atoms with Gasteiger partial charge in [-0.1, -0.05) is 11.6 Å². The Hall–Kier alpha value is -4.80. The lowest BCUT2D eigenvalue weighted by molar-refractivity contribution is -0.0225. The van der Waals surface area contributed by atoms with Crippen molar-refractivity contribution in [3.05, 3.63) is 82.7 Å². The van der Waals surface area contributed by atoms with Crippen LogP contribution in [0.5, 0.6) is 17.2 Å². The number of hydrogen-bond donors (Lipinski definition) is 1. The highest BCUT2D eigenvalue weighted by Gasteiger charge is 2.36. The van der Waals surface area contributed by atoms with Crippen LogP contribution in [-0.2, 0) is 22.7 Å². The van der Waals surface area contributed by atoms with Gasteiger partial charge in [0.1, 0.15) is 47.3 Å². The number of likely N-dealkylation sites (tertiary alicyclic amines) is 2. The number of aliphatic hydroxyl groups excluding tert-OH is 1. The van der Waals surface area contributed by atoms with Crippen LogP contribution in [-0.4, -0.2) is 86.6 Å². The van der Waals surface area contributed by atoms with E-state index in [0.717, 1.165) is 0 Å². The number of amides is 2. The molecule has 5 rings (SSSR count). The normalized spacial score (nSPS) is 14.7. The van der Waals surface area contributed by atoms with Crippen molar-refractivity contribution in [3.8, 4) is 17.2 Å². The quantitative estimate of drug-likeness (QED) is 0.262. The average Bonchev–Trinajstić information content (AvgIpc) is 2.98. The minimum atomic E-state index is -0.514. The molecule has 2 fully saturated rings. The van der Waals surface area contributed by atoms with Gasteiger partial charge in [0.2, 0.25) is 5.69 Å². The summed E-state index contributed by atoms with van der Waals surface area (Å²) in [6.07, 6.45) is 2.43. The van der Waals surface area contributed by atoms with E-state index < -0.39 is 11.2 Å². The third-order valence-corrected chi connectivity index (χ3v) is 7.00. The van der Waals surface area contributed by atoms with E-state index in [4.69, 9.17) is 47.0 Å². The minimum Gasteiger partial charge on any atom is -0.498 e. The van der Waals surface area contributed by atoms with Crippen molar-refractivity contribution in [1.82, 2.24) is 19.8 Å². The summed E-state index contributed by atoms with van der Waals surface area (Å²) in [7, 11) is 0. The fraction of sp³-hybridized carbons (Fsp3) is 0.457. The maximum absolute atomic E-state index is 12.0. The Labute approximate surface area is 291 Å². The Morgan fingerprint density at radius 2 is 1.33 bits per heavy atom. The Balaban J connectivity index is 0.000000237. The van der Waals surface area contributed by atoms with E-state index in [2.05, 4.69) is 14.8 Å². The Morgan fingerprint density at radius 1 is 0.837 bits per heavy atom. The Morgan fingerprint density at radius 3 is 1.80 bits per heavy atom. The molecule has 13 nitrogen and oxygen atoms in total. The lowest BCUT2D eigenvalue weighted by Gasteiger charge is -2.39. The monoisotopic (exact) mass is 695 g/mol. The highest BCUT2D eigenvalue weighted by molar-refractivity contribution is 6.30. The average molecular weight is 696 g/mol. The predicted octanol–water partition coefficient (Wildman–Crippen LogP) is 6.43. The largest absolute Gasteiger partial charge is 0.498 e. The molecule has 262 valence electrons. The molecular weight excluding hydrogens is 654 g/mol. The van der Waals surface area contributed by atoms with Gasteiger partial charge >= 0.3 is 12.2 Å². The van der Waals surface area contributed by atoms with Crippen molar-refractivity contribution < 1.29 is 38.4 Å². The molecule has 14 heteroatoms. The van der Waals surface area contributed by atoms with Gasteiger partial charge in [-0.15, -0.1) is 0 Å². The van der Waals surface area contributed by atoms with Crippen molar-refractivity contribution >= 4 is 29.5 Å². The summed E-state index contributed by atoms with van der Waals surface area (Å²) < 4.78 is 27.9. The summed E-state index contributed by atoms with van der Waals surface area (Å²) in [5.74, 6) is 1.75.